The van der Waals surface area contributed by atoms with Crippen molar-refractivity contribution in [2.75, 3.05) is 5.32 Å². The lowest BCUT2D eigenvalue weighted by atomic mass is 10.0. The number of benzene rings is 3. The maximum atomic E-state index is 13.1. The zero-order valence-corrected chi connectivity index (χ0v) is 15.5. The van der Waals surface area contributed by atoms with Gasteiger partial charge < -0.3 is 15.0 Å². The van der Waals surface area contributed by atoms with Crippen molar-refractivity contribution in [3.8, 4) is 5.75 Å². The molecule has 0 spiro atoms. The van der Waals surface area contributed by atoms with Crippen LogP contribution >= 0.6 is 0 Å². The quantitative estimate of drug-likeness (QED) is 0.688. The fraction of sp³-hybridized carbons (Fsp3) is 0.208. The number of carbonyl (C=O) groups is 1. The summed E-state index contributed by atoms with van der Waals surface area (Å²) in [5.41, 5.74) is 3.87. The number of para-hydroxylation sites is 1. The van der Waals surface area contributed by atoms with E-state index in [-0.39, 0.29) is 12.1 Å². The monoisotopic (exact) mass is 370 g/mol. The van der Waals surface area contributed by atoms with E-state index < -0.39 is 0 Å². The van der Waals surface area contributed by atoms with E-state index in [4.69, 9.17) is 4.74 Å². The van der Waals surface area contributed by atoms with E-state index in [9.17, 15) is 4.79 Å². The number of nitrogens with one attached hydrogen (secondary N) is 1. The van der Waals surface area contributed by atoms with Crippen molar-refractivity contribution < 1.29 is 9.53 Å². The van der Waals surface area contributed by atoms with Crippen LogP contribution in [0, 0.1) is 0 Å². The minimum absolute atomic E-state index is 0.117. The third kappa shape index (κ3) is 3.22. The van der Waals surface area contributed by atoms with Gasteiger partial charge in [-0.15, -0.1) is 0 Å². The maximum absolute atomic E-state index is 13.1. The van der Waals surface area contributed by atoms with Gasteiger partial charge in [0.1, 0.15) is 18.5 Å². The highest BCUT2D eigenvalue weighted by Crippen LogP contribution is 2.40. The first kappa shape index (κ1) is 16.9. The normalized spacial score (nSPS) is 18.4. The summed E-state index contributed by atoms with van der Waals surface area (Å²) in [5, 5.41) is 3.56. The van der Waals surface area contributed by atoms with Crippen LogP contribution in [0.2, 0.25) is 0 Å². The minimum atomic E-state index is -0.141. The molecule has 1 amide bonds. The Bertz CT molecular complexity index is 981. The Balaban J connectivity index is 1.37. The first-order valence-electron chi connectivity index (χ1n) is 9.74. The van der Waals surface area contributed by atoms with E-state index in [1.165, 1.54) is 0 Å². The molecule has 0 radical (unpaired) electrons. The highest BCUT2D eigenvalue weighted by molar-refractivity contribution is 6.02. The van der Waals surface area contributed by atoms with Crippen molar-refractivity contribution in [2.24, 2.45) is 0 Å². The van der Waals surface area contributed by atoms with Crippen molar-refractivity contribution in [3.05, 3.63) is 95.6 Å². The van der Waals surface area contributed by atoms with Gasteiger partial charge >= 0.3 is 0 Å². The van der Waals surface area contributed by atoms with Crippen LogP contribution < -0.4 is 10.1 Å². The zero-order valence-electron chi connectivity index (χ0n) is 15.5. The Morgan fingerprint density at radius 2 is 1.61 bits per heavy atom. The summed E-state index contributed by atoms with van der Waals surface area (Å²) < 4.78 is 5.90. The van der Waals surface area contributed by atoms with Crippen LogP contribution in [0.25, 0.3) is 0 Å². The van der Waals surface area contributed by atoms with Crippen molar-refractivity contribution in [2.45, 2.75) is 31.7 Å². The van der Waals surface area contributed by atoms with Gasteiger partial charge in [0.05, 0.1) is 5.56 Å². The second-order valence-corrected chi connectivity index (χ2v) is 7.38. The molecule has 0 aromatic heterocycles. The molecule has 4 nitrogen and oxygen atoms in total. The highest BCUT2D eigenvalue weighted by atomic mass is 16.5. The molecule has 0 bridgehead atoms. The molecular weight excluding hydrogens is 348 g/mol. The summed E-state index contributed by atoms with van der Waals surface area (Å²) in [6.45, 7) is 0.544. The summed E-state index contributed by atoms with van der Waals surface area (Å²) in [6, 6.07) is 26.3. The van der Waals surface area contributed by atoms with Gasteiger partial charge in [0.2, 0.25) is 0 Å². The molecule has 1 aliphatic heterocycles. The number of rotatable bonds is 5. The number of anilines is 1. The molecule has 3 aromatic carbocycles. The summed E-state index contributed by atoms with van der Waals surface area (Å²) in [5.74, 6) is 0.944. The summed E-state index contributed by atoms with van der Waals surface area (Å²) >= 11 is 0. The highest BCUT2D eigenvalue weighted by Gasteiger charge is 2.41. The molecule has 5 rings (SSSR count). The van der Waals surface area contributed by atoms with Gasteiger partial charge in [0.25, 0.3) is 5.91 Å². The van der Waals surface area contributed by atoms with Gasteiger partial charge in [-0.2, -0.15) is 0 Å². The molecule has 1 heterocycles. The average Bonchev–Trinajstić information content (AvgIpc) is 3.58. The summed E-state index contributed by atoms with van der Waals surface area (Å²) in [4.78, 5) is 15.1. The van der Waals surface area contributed by atoms with Crippen LogP contribution in [0.3, 0.4) is 0 Å². The molecule has 1 atom stereocenters. The van der Waals surface area contributed by atoms with Crippen molar-refractivity contribution in [1.29, 1.82) is 0 Å². The minimum Gasteiger partial charge on any atom is -0.489 e. The number of nitrogens with zero attached hydrogens (tertiary/aromatic N) is 1. The van der Waals surface area contributed by atoms with E-state index >= 15 is 0 Å². The fourth-order valence-electron chi connectivity index (χ4n) is 3.73. The third-order valence-corrected chi connectivity index (χ3v) is 5.35. The summed E-state index contributed by atoms with van der Waals surface area (Å²) in [7, 11) is 0. The number of ether oxygens (including phenoxy) is 1. The molecule has 1 saturated carbocycles. The average molecular weight is 370 g/mol. The number of carbonyl (C=O) groups excluding carboxylic acids is 1. The molecule has 140 valence electrons. The molecule has 28 heavy (non-hydrogen) atoms. The molecule has 2 aliphatic rings. The van der Waals surface area contributed by atoms with Gasteiger partial charge in [-0.25, -0.2) is 0 Å². The van der Waals surface area contributed by atoms with Crippen LogP contribution in [-0.4, -0.2) is 16.8 Å². The Hall–Kier alpha value is -3.27. The number of hydrogen-bond acceptors (Lipinski definition) is 3. The molecule has 3 aromatic rings. The van der Waals surface area contributed by atoms with Crippen LogP contribution in [0.4, 0.5) is 5.69 Å². The molecular formula is C24H22N2O2. The molecule has 0 unspecified atom stereocenters. The van der Waals surface area contributed by atoms with Gasteiger partial charge in [-0.05, 0) is 48.2 Å². The van der Waals surface area contributed by atoms with Crippen LogP contribution in [0.15, 0.2) is 78.9 Å². The number of amides is 1. The standard InChI is InChI=1S/C24H22N2O2/c27-24-21-8-4-5-9-22(21)25-23(26(24)19-12-13-19)18-10-14-20(15-11-18)28-16-17-6-2-1-3-7-17/h1-11,14-15,19,23,25H,12-13,16H2/t23-/m0/s1. The molecule has 1 N–H and O–H groups in total. The molecule has 1 fully saturated rings. The first-order chi connectivity index (χ1) is 13.8. The Labute approximate surface area is 164 Å². The second kappa shape index (κ2) is 7.04. The predicted molar refractivity (Wildman–Crippen MR) is 109 cm³/mol. The zero-order chi connectivity index (χ0) is 18.9. The smallest absolute Gasteiger partial charge is 0.258 e. The maximum Gasteiger partial charge on any atom is 0.258 e. The van der Waals surface area contributed by atoms with Crippen LogP contribution in [0.1, 0.15) is 40.5 Å². The van der Waals surface area contributed by atoms with E-state index in [0.717, 1.165) is 41.0 Å². The van der Waals surface area contributed by atoms with Gasteiger partial charge in [0, 0.05) is 11.7 Å². The predicted octanol–water partition coefficient (Wildman–Crippen LogP) is 4.99. The van der Waals surface area contributed by atoms with Crippen molar-refractivity contribution in [1.82, 2.24) is 4.90 Å². The SMILES string of the molecule is O=C1c2ccccc2N[C@H](c2ccc(OCc3ccccc3)cc2)N1C1CC1. The molecule has 0 saturated heterocycles. The van der Waals surface area contributed by atoms with E-state index in [1.54, 1.807) is 0 Å². The van der Waals surface area contributed by atoms with Gasteiger partial charge in [0.15, 0.2) is 0 Å². The van der Waals surface area contributed by atoms with E-state index in [1.807, 2.05) is 59.5 Å². The lowest BCUT2D eigenvalue weighted by Crippen LogP contribution is -2.44. The fourth-order valence-corrected chi connectivity index (χ4v) is 3.73. The Morgan fingerprint density at radius 3 is 2.36 bits per heavy atom. The lowest BCUT2D eigenvalue weighted by Gasteiger charge is -2.38. The van der Waals surface area contributed by atoms with E-state index in [0.29, 0.717) is 12.6 Å². The lowest BCUT2D eigenvalue weighted by molar-refractivity contribution is 0.0666. The van der Waals surface area contributed by atoms with Gasteiger partial charge in [-0.1, -0.05) is 54.6 Å². The first-order valence-corrected chi connectivity index (χ1v) is 9.74. The van der Waals surface area contributed by atoms with E-state index in [2.05, 4.69) is 29.6 Å². The van der Waals surface area contributed by atoms with Crippen LogP contribution in [0.5, 0.6) is 5.75 Å². The molecule has 4 heteroatoms. The topological polar surface area (TPSA) is 41.6 Å². The Morgan fingerprint density at radius 1 is 0.893 bits per heavy atom. The third-order valence-electron chi connectivity index (χ3n) is 5.35. The number of fused-ring (bicyclic) bond motifs is 1. The molecule has 1 aliphatic carbocycles. The summed E-state index contributed by atoms with van der Waals surface area (Å²) in [6.07, 6.45) is 2.01. The van der Waals surface area contributed by atoms with Crippen molar-refractivity contribution >= 4 is 11.6 Å². The van der Waals surface area contributed by atoms with Crippen molar-refractivity contribution in [3.63, 3.8) is 0 Å². The second-order valence-electron chi connectivity index (χ2n) is 7.38. The van der Waals surface area contributed by atoms with Gasteiger partial charge in [-0.3, -0.25) is 4.79 Å². The number of hydrogen-bond donors (Lipinski definition) is 1. The largest absolute Gasteiger partial charge is 0.489 e. The Kier molecular flexibility index (Phi) is 4.24. The van der Waals surface area contributed by atoms with Crippen LogP contribution in [-0.2, 0) is 6.61 Å².